The first kappa shape index (κ1) is 20.6. The quantitative estimate of drug-likeness (QED) is 0.364. The van der Waals surface area contributed by atoms with E-state index in [1.165, 1.54) is 4.88 Å². The van der Waals surface area contributed by atoms with E-state index in [-0.39, 0.29) is 0 Å². The Morgan fingerprint density at radius 2 is 2.21 bits per heavy atom. The minimum Gasteiger partial charge on any atom is -0.490 e. The number of nitrogens with one attached hydrogen (secondary N) is 1. The first-order chi connectivity index (χ1) is 13.6. The fraction of sp³-hybridized carbons (Fsp3) is 0.316. The van der Waals surface area contributed by atoms with Gasteiger partial charge in [-0.2, -0.15) is 14.9 Å². The molecule has 148 valence electrons. The van der Waals surface area contributed by atoms with Gasteiger partial charge in [-0.1, -0.05) is 24.6 Å². The molecular formula is C19H21ClN4O2S2. The van der Waals surface area contributed by atoms with Gasteiger partial charge in [-0.05, 0) is 54.7 Å². The highest BCUT2D eigenvalue weighted by atomic mass is 35.5. The molecule has 1 aromatic carbocycles. The fourth-order valence-electron chi connectivity index (χ4n) is 2.52. The standard InChI is InChI=1S/C19H21ClN4O2S2/c1-3-7-26-18-15(20)9-13(10-16(18)25-4-2)12-21-24-17(22-23-19(24)27)11-14-6-5-8-28-14/h5-6,8-10,12H,3-4,7,11H2,1-2H3,(H,23,27)/b21-12-. The Morgan fingerprint density at radius 3 is 2.93 bits per heavy atom. The van der Waals surface area contributed by atoms with Gasteiger partial charge in [-0.25, -0.2) is 0 Å². The maximum absolute atomic E-state index is 6.41. The summed E-state index contributed by atoms with van der Waals surface area (Å²) < 4.78 is 13.5. The summed E-state index contributed by atoms with van der Waals surface area (Å²) in [5.74, 6) is 1.89. The summed E-state index contributed by atoms with van der Waals surface area (Å²) in [5, 5.41) is 14.1. The van der Waals surface area contributed by atoms with Crippen LogP contribution in [0.3, 0.4) is 0 Å². The molecule has 0 saturated heterocycles. The highest BCUT2D eigenvalue weighted by molar-refractivity contribution is 7.71. The van der Waals surface area contributed by atoms with Crippen LogP contribution in [0.4, 0.5) is 0 Å². The minimum atomic E-state index is 0.432. The average molecular weight is 437 g/mol. The summed E-state index contributed by atoms with van der Waals surface area (Å²) in [6, 6.07) is 7.71. The summed E-state index contributed by atoms with van der Waals surface area (Å²) in [7, 11) is 0. The predicted octanol–water partition coefficient (Wildman–Crippen LogP) is 5.32. The molecule has 2 aromatic heterocycles. The maximum atomic E-state index is 6.41. The van der Waals surface area contributed by atoms with Crippen molar-refractivity contribution in [1.29, 1.82) is 0 Å². The summed E-state index contributed by atoms with van der Waals surface area (Å²) in [6.07, 6.45) is 3.22. The largest absolute Gasteiger partial charge is 0.490 e. The number of halogens is 1. The Kier molecular flexibility index (Phi) is 7.24. The smallest absolute Gasteiger partial charge is 0.216 e. The molecule has 0 radical (unpaired) electrons. The van der Waals surface area contributed by atoms with E-state index in [1.54, 1.807) is 28.3 Å². The lowest BCUT2D eigenvalue weighted by Gasteiger charge is -2.13. The molecule has 0 unspecified atom stereocenters. The number of benzene rings is 1. The van der Waals surface area contributed by atoms with Crippen LogP contribution in [0, 0.1) is 4.77 Å². The molecule has 1 N–H and O–H groups in total. The number of aromatic nitrogens is 3. The molecule has 2 heterocycles. The number of ether oxygens (including phenoxy) is 2. The van der Waals surface area contributed by atoms with Crippen LogP contribution in [-0.4, -0.2) is 34.3 Å². The van der Waals surface area contributed by atoms with Crippen molar-refractivity contribution >= 4 is 41.4 Å². The molecule has 28 heavy (non-hydrogen) atoms. The van der Waals surface area contributed by atoms with Crippen LogP contribution < -0.4 is 9.47 Å². The van der Waals surface area contributed by atoms with Gasteiger partial charge < -0.3 is 9.47 Å². The van der Waals surface area contributed by atoms with Crippen molar-refractivity contribution in [3.05, 3.63) is 55.7 Å². The Morgan fingerprint density at radius 1 is 1.36 bits per heavy atom. The SMILES string of the molecule is CCCOc1c(Cl)cc(/C=N\n2c(Cc3cccs3)n[nH]c2=S)cc1OCC. The fourth-order valence-corrected chi connectivity index (χ4v) is 3.69. The molecule has 0 aliphatic heterocycles. The van der Waals surface area contributed by atoms with E-state index in [9.17, 15) is 0 Å². The van der Waals surface area contributed by atoms with Gasteiger partial charge in [0.15, 0.2) is 17.3 Å². The lowest BCUT2D eigenvalue weighted by molar-refractivity contribution is 0.277. The van der Waals surface area contributed by atoms with Crippen LogP contribution in [0.2, 0.25) is 5.02 Å². The van der Waals surface area contributed by atoms with Gasteiger partial charge in [-0.15, -0.1) is 11.3 Å². The van der Waals surface area contributed by atoms with Gasteiger partial charge in [0.1, 0.15) is 0 Å². The Bertz CT molecular complexity index is 996. The number of thiophene rings is 1. The van der Waals surface area contributed by atoms with Crippen LogP contribution in [-0.2, 0) is 6.42 Å². The summed E-state index contributed by atoms with van der Waals surface area (Å²) in [5.41, 5.74) is 0.780. The molecule has 6 nitrogen and oxygen atoms in total. The molecule has 3 rings (SSSR count). The number of H-pyrrole nitrogens is 1. The number of rotatable bonds is 9. The third-order valence-corrected chi connectivity index (χ3v) is 5.16. The van der Waals surface area contributed by atoms with Crippen molar-refractivity contribution in [2.75, 3.05) is 13.2 Å². The molecule has 0 amide bonds. The Labute approximate surface area is 177 Å². The molecule has 0 bridgehead atoms. The molecule has 0 spiro atoms. The number of nitrogens with zero attached hydrogens (tertiary/aromatic N) is 3. The number of hydrogen-bond donors (Lipinski definition) is 1. The van der Waals surface area contributed by atoms with Gasteiger partial charge in [0.2, 0.25) is 4.77 Å². The second kappa shape index (κ2) is 9.86. The van der Waals surface area contributed by atoms with E-state index >= 15 is 0 Å². The average Bonchev–Trinajstić information content (AvgIpc) is 3.30. The van der Waals surface area contributed by atoms with Crippen molar-refractivity contribution in [1.82, 2.24) is 14.9 Å². The van der Waals surface area contributed by atoms with Crippen LogP contribution >= 0.6 is 35.2 Å². The van der Waals surface area contributed by atoms with Crippen molar-refractivity contribution in [2.45, 2.75) is 26.7 Å². The first-order valence-corrected chi connectivity index (χ1v) is 10.6. The highest BCUT2D eigenvalue weighted by Gasteiger charge is 2.12. The van der Waals surface area contributed by atoms with Crippen LogP contribution in [0.5, 0.6) is 11.5 Å². The zero-order valence-electron chi connectivity index (χ0n) is 15.6. The molecule has 0 aliphatic carbocycles. The van der Waals surface area contributed by atoms with Gasteiger partial charge in [0.25, 0.3) is 0 Å². The maximum Gasteiger partial charge on any atom is 0.216 e. The van der Waals surface area contributed by atoms with Gasteiger partial charge in [-0.3, -0.25) is 5.10 Å². The molecule has 0 atom stereocenters. The minimum absolute atomic E-state index is 0.432. The zero-order chi connectivity index (χ0) is 19.9. The second-order valence-electron chi connectivity index (χ2n) is 5.87. The molecule has 0 aliphatic rings. The Balaban J connectivity index is 1.88. The molecular weight excluding hydrogens is 416 g/mol. The van der Waals surface area contributed by atoms with Crippen LogP contribution in [0.15, 0.2) is 34.7 Å². The third-order valence-electron chi connectivity index (χ3n) is 3.73. The highest BCUT2D eigenvalue weighted by Crippen LogP contribution is 2.36. The van der Waals surface area contributed by atoms with Crippen molar-refractivity contribution < 1.29 is 9.47 Å². The van der Waals surface area contributed by atoms with E-state index in [0.717, 1.165) is 17.8 Å². The number of hydrogen-bond acceptors (Lipinski definition) is 6. The van der Waals surface area contributed by atoms with E-state index in [4.69, 9.17) is 33.3 Å². The van der Waals surface area contributed by atoms with E-state index in [0.29, 0.717) is 40.9 Å². The Hall–Kier alpha value is -2.16. The topological polar surface area (TPSA) is 64.4 Å². The zero-order valence-corrected chi connectivity index (χ0v) is 18.0. The van der Waals surface area contributed by atoms with Gasteiger partial charge >= 0.3 is 0 Å². The van der Waals surface area contributed by atoms with Crippen molar-refractivity contribution in [3.63, 3.8) is 0 Å². The van der Waals surface area contributed by atoms with Gasteiger partial charge in [0.05, 0.1) is 24.5 Å². The predicted molar refractivity (Wildman–Crippen MR) is 116 cm³/mol. The molecule has 9 heteroatoms. The second-order valence-corrected chi connectivity index (χ2v) is 7.70. The van der Waals surface area contributed by atoms with Crippen molar-refractivity contribution in [3.8, 4) is 11.5 Å². The summed E-state index contributed by atoms with van der Waals surface area (Å²) in [4.78, 5) is 1.18. The molecule has 0 saturated carbocycles. The summed E-state index contributed by atoms with van der Waals surface area (Å²) >= 11 is 13.4. The van der Waals surface area contributed by atoms with Crippen LogP contribution in [0.1, 0.15) is 36.5 Å². The molecule has 0 fully saturated rings. The lowest BCUT2D eigenvalue weighted by atomic mass is 10.2. The number of aromatic amines is 1. The van der Waals surface area contributed by atoms with Gasteiger partial charge in [0, 0.05) is 11.3 Å². The first-order valence-electron chi connectivity index (χ1n) is 8.94. The third kappa shape index (κ3) is 5.01. The molecule has 3 aromatic rings. The summed E-state index contributed by atoms with van der Waals surface area (Å²) in [6.45, 7) is 5.04. The van der Waals surface area contributed by atoms with E-state index in [1.807, 2.05) is 31.4 Å². The normalized spacial score (nSPS) is 11.2. The lowest BCUT2D eigenvalue weighted by Crippen LogP contribution is -2.02. The van der Waals surface area contributed by atoms with Crippen LogP contribution in [0.25, 0.3) is 0 Å². The van der Waals surface area contributed by atoms with E-state index < -0.39 is 0 Å². The monoisotopic (exact) mass is 436 g/mol. The van der Waals surface area contributed by atoms with Crippen molar-refractivity contribution in [2.24, 2.45) is 5.10 Å². The van der Waals surface area contributed by atoms with E-state index in [2.05, 4.69) is 21.4 Å².